The van der Waals surface area contributed by atoms with Crippen LogP contribution in [0.2, 0.25) is 0 Å². The van der Waals surface area contributed by atoms with E-state index >= 15 is 0 Å². The topological polar surface area (TPSA) is 71.3 Å². The number of nitrogens with one attached hydrogen (secondary N) is 1. The van der Waals surface area contributed by atoms with Crippen LogP contribution in [-0.2, 0) is 0 Å². The molecular weight excluding hydrogens is 340 g/mol. The third-order valence-corrected chi connectivity index (χ3v) is 4.22. The summed E-state index contributed by atoms with van der Waals surface area (Å²) < 4.78 is 5.85. The zero-order chi connectivity index (χ0) is 18.8. The van der Waals surface area contributed by atoms with E-state index in [2.05, 4.69) is 15.3 Å². The van der Waals surface area contributed by atoms with Crippen molar-refractivity contribution in [2.45, 2.75) is 0 Å². The monoisotopic (exact) mass is 358 g/mol. The summed E-state index contributed by atoms with van der Waals surface area (Å²) >= 11 is 0. The Balaban J connectivity index is 1.59. The van der Waals surface area contributed by atoms with Crippen LogP contribution in [0.25, 0.3) is 22.6 Å². The number of fused-ring (bicyclic) bond motifs is 1. The highest BCUT2D eigenvalue weighted by Gasteiger charge is 2.11. The highest BCUT2D eigenvalue weighted by molar-refractivity contribution is 6.04. The standard InChI is InChI=1S/C21H18N4O2/c1-25(2)17-6-3-15(4-7-17)21-24-18-13-16(5-8-19(18)27-21)23-20(26)14-9-11-22-12-10-14/h3-13H,1-2H3,(H,23,26). The molecule has 4 rings (SSSR count). The number of rotatable bonds is 4. The molecule has 0 radical (unpaired) electrons. The fraction of sp³-hybridized carbons (Fsp3) is 0.0952. The van der Waals surface area contributed by atoms with E-state index in [0.717, 1.165) is 11.3 Å². The molecular formula is C21H18N4O2. The van der Waals surface area contributed by atoms with Gasteiger partial charge in [0.1, 0.15) is 5.52 Å². The molecule has 134 valence electrons. The van der Waals surface area contributed by atoms with Gasteiger partial charge in [-0.05, 0) is 54.6 Å². The van der Waals surface area contributed by atoms with E-state index in [4.69, 9.17) is 4.42 Å². The predicted molar refractivity (Wildman–Crippen MR) is 106 cm³/mol. The van der Waals surface area contributed by atoms with Gasteiger partial charge in [0.15, 0.2) is 5.58 Å². The first-order valence-corrected chi connectivity index (χ1v) is 8.50. The van der Waals surface area contributed by atoms with Gasteiger partial charge in [0, 0.05) is 49.0 Å². The SMILES string of the molecule is CN(C)c1ccc(-c2nc3cc(NC(=O)c4ccncc4)ccc3o2)cc1. The van der Waals surface area contributed by atoms with Gasteiger partial charge in [0.05, 0.1) is 0 Å². The lowest BCUT2D eigenvalue weighted by molar-refractivity contribution is 0.102. The maximum absolute atomic E-state index is 12.3. The number of carbonyl (C=O) groups excluding carboxylic acids is 1. The molecule has 0 bridgehead atoms. The minimum Gasteiger partial charge on any atom is -0.436 e. The average molecular weight is 358 g/mol. The summed E-state index contributed by atoms with van der Waals surface area (Å²) in [7, 11) is 3.99. The van der Waals surface area contributed by atoms with Gasteiger partial charge in [0.2, 0.25) is 5.89 Å². The molecule has 0 saturated carbocycles. The van der Waals surface area contributed by atoms with E-state index in [1.54, 1.807) is 36.7 Å². The number of oxazole rings is 1. The van der Waals surface area contributed by atoms with Crippen molar-refractivity contribution in [3.05, 3.63) is 72.6 Å². The molecule has 2 heterocycles. The quantitative estimate of drug-likeness (QED) is 0.592. The van der Waals surface area contributed by atoms with Gasteiger partial charge in [-0.15, -0.1) is 0 Å². The van der Waals surface area contributed by atoms with Gasteiger partial charge in [-0.25, -0.2) is 4.98 Å². The van der Waals surface area contributed by atoms with E-state index in [-0.39, 0.29) is 5.91 Å². The Morgan fingerprint density at radius 2 is 1.74 bits per heavy atom. The van der Waals surface area contributed by atoms with Crippen molar-refractivity contribution in [3.8, 4) is 11.5 Å². The first-order chi connectivity index (χ1) is 13.1. The normalized spacial score (nSPS) is 10.7. The van der Waals surface area contributed by atoms with E-state index in [0.29, 0.717) is 28.2 Å². The fourth-order valence-electron chi connectivity index (χ4n) is 2.74. The van der Waals surface area contributed by atoms with Gasteiger partial charge in [-0.2, -0.15) is 0 Å². The van der Waals surface area contributed by atoms with Crippen LogP contribution in [0.5, 0.6) is 0 Å². The highest BCUT2D eigenvalue weighted by Crippen LogP contribution is 2.27. The highest BCUT2D eigenvalue weighted by atomic mass is 16.3. The molecule has 0 fully saturated rings. The molecule has 1 N–H and O–H groups in total. The van der Waals surface area contributed by atoms with Crippen LogP contribution >= 0.6 is 0 Å². The van der Waals surface area contributed by atoms with Crippen molar-refractivity contribution >= 4 is 28.4 Å². The van der Waals surface area contributed by atoms with Gasteiger partial charge in [-0.3, -0.25) is 9.78 Å². The van der Waals surface area contributed by atoms with Crippen LogP contribution in [-0.4, -0.2) is 30.0 Å². The lowest BCUT2D eigenvalue weighted by Crippen LogP contribution is -2.11. The van der Waals surface area contributed by atoms with E-state index in [1.807, 2.05) is 49.3 Å². The molecule has 0 aliphatic carbocycles. The Morgan fingerprint density at radius 1 is 1.00 bits per heavy atom. The summed E-state index contributed by atoms with van der Waals surface area (Å²) in [6.07, 6.45) is 3.17. The average Bonchev–Trinajstić information content (AvgIpc) is 3.12. The fourth-order valence-corrected chi connectivity index (χ4v) is 2.74. The smallest absolute Gasteiger partial charge is 0.255 e. The summed E-state index contributed by atoms with van der Waals surface area (Å²) in [5, 5.41) is 2.87. The third kappa shape index (κ3) is 3.50. The minimum absolute atomic E-state index is 0.195. The number of anilines is 2. The zero-order valence-corrected chi connectivity index (χ0v) is 15.0. The first-order valence-electron chi connectivity index (χ1n) is 8.50. The summed E-state index contributed by atoms with van der Waals surface area (Å²) in [4.78, 5) is 22.8. The van der Waals surface area contributed by atoms with Crippen molar-refractivity contribution in [1.82, 2.24) is 9.97 Å². The lowest BCUT2D eigenvalue weighted by Gasteiger charge is -2.11. The van der Waals surface area contributed by atoms with Gasteiger partial charge in [-0.1, -0.05) is 0 Å². The summed E-state index contributed by atoms with van der Waals surface area (Å²) in [5.74, 6) is 0.354. The van der Waals surface area contributed by atoms with Crippen LogP contribution in [0.4, 0.5) is 11.4 Å². The van der Waals surface area contributed by atoms with Crippen LogP contribution in [0.3, 0.4) is 0 Å². The number of nitrogens with zero attached hydrogens (tertiary/aromatic N) is 3. The number of amides is 1. The largest absolute Gasteiger partial charge is 0.436 e. The Morgan fingerprint density at radius 3 is 2.44 bits per heavy atom. The van der Waals surface area contributed by atoms with Crippen molar-refractivity contribution in [1.29, 1.82) is 0 Å². The molecule has 0 atom stereocenters. The van der Waals surface area contributed by atoms with Crippen molar-refractivity contribution in [3.63, 3.8) is 0 Å². The van der Waals surface area contributed by atoms with Crippen LogP contribution in [0, 0.1) is 0 Å². The van der Waals surface area contributed by atoms with Crippen molar-refractivity contribution < 1.29 is 9.21 Å². The van der Waals surface area contributed by atoms with Crippen LogP contribution in [0.15, 0.2) is 71.4 Å². The van der Waals surface area contributed by atoms with Crippen LogP contribution < -0.4 is 10.2 Å². The molecule has 0 spiro atoms. The third-order valence-electron chi connectivity index (χ3n) is 4.22. The number of benzene rings is 2. The molecule has 1 amide bonds. The molecule has 6 heteroatoms. The molecule has 0 aliphatic rings. The molecule has 4 aromatic rings. The minimum atomic E-state index is -0.195. The second-order valence-corrected chi connectivity index (χ2v) is 6.33. The molecule has 2 aromatic heterocycles. The molecule has 0 aliphatic heterocycles. The molecule has 0 unspecified atom stereocenters. The molecule has 2 aromatic carbocycles. The number of hydrogen-bond donors (Lipinski definition) is 1. The Bertz CT molecular complexity index is 1090. The van der Waals surface area contributed by atoms with Crippen molar-refractivity contribution in [2.24, 2.45) is 0 Å². The van der Waals surface area contributed by atoms with E-state index in [1.165, 1.54) is 0 Å². The van der Waals surface area contributed by atoms with Crippen LogP contribution in [0.1, 0.15) is 10.4 Å². The zero-order valence-electron chi connectivity index (χ0n) is 15.0. The predicted octanol–water partition coefficient (Wildman–Crippen LogP) is 4.21. The van der Waals surface area contributed by atoms with Gasteiger partial charge >= 0.3 is 0 Å². The Kier molecular flexibility index (Phi) is 4.30. The van der Waals surface area contributed by atoms with Gasteiger partial charge < -0.3 is 14.6 Å². The Labute approximate surface area is 156 Å². The van der Waals surface area contributed by atoms with E-state index in [9.17, 15) is 4.79 Å². The second-order valence-electron chi connectivity index (χ2n) is 6.33. The summed E-state index contributed by atoms with van der Waals surface area (Å²) in [5.41, 5.74) is 4.58. The number of aromatic nitrogens is 2. The molecule has 27 heavy (non-hydrogen) atoms. The maximum atomic E-state index is 12.3. The molecule has 0 saturated heterocycles. The number of hydrogen-bond acceptors (Lipinski definition) is 5. The number of pyridine rings is 1. The van der Waals surface area contributed by atoms with E-state index < -0.39 is 0 Å². The lowest BCUT2D eigenvalue weighted by atomic mass is 10.2. The van der Waals surface area contributed by atoms with Crippen molar-refractivity contribution in [2.75, 3.05) is 24.3 Å². The first kappa shape index (κ1) is 16.8. The Hall–Kier alpha value is -3.67. The molecule has 6 nitrogen and oxygen atoms in total. The van der Waals surface area contributed by atoms with Gasteiger partial charge in [0.25, 0.3) is 5.91 Å². The maximum Gasteiger partial charge on any atom is 0.255 e. The summed E-state index contributed by atoms with van der Waals surface area (Å²) in [6, 6.07) is 16.7. The second kappa shape index (κ2) is 6.92. The summed E-state index contributed by atoms with van der Waals surface area (Å²) in [6.45, 7) is 0. The number of carbonyl (C=O) groups is 1.